The summed E-state index contributed by atoms with van der Waals surface area (Å²) < 4.78 is 66.3. The predicted octanol–water partition coefficient (Wildman–Crippen LogP) is 6.34. The van der Waals surface area contributed by atoms with Gasteiger partial charge in [0.05, 0.1) is 0 Å². The Balaban J connectivity index is 2.07. The summed E-state index contributed by atoms with van der Waals surface area (Å²) in [6, 6.07) is 24.7. The number of thioether (sulfide) groups is 1. The van der Waals surface area contributed by atoms with Crippen LogP contribution in [0.3, 0.4) is 0 Å². The van der Waals surface area contributed by atoms with Crippen LogP contribution in [0.4, 0.5) is 8.78 Å². The molecule has 0 aliphatic carbocycles. The van der Waals surface area contributed by atoms with Crippen molar-refractivity contribution in [3.63, 3.8) is 0 Å². The van der Waals surface area contributed by atoms with Gasteiger partial charge in [0, 0.05) is 32.1 Å². The molecule has 11 heteroatoms. The van der Waals surface area contributed by atoms with E-state index in [0.717, 1.165) is 0 Å². The summed E-state index contributed by atoms with van der Waals surface area (Å²) in [6.45, 7) is -0.389. The first kappa shape index (κ1) is 27.5. The third kappa shape index (κ3) is 6.18. The predicted molar refractivity (Wildman–Crippen MR) is 136 cm³/mol. The highest BCUT2D eigenvalue weighted by molar-refractivity contribution is 8.33. The van der Waals surface area contributed by atoms with Gasteiger partial charge in [-0.1, -0.05) is 54.6 Å². The largest absolute Gasteiger partial charge is 0.466 e. The Labute approximate surface area is 214 Å². The van der Waals surface area contributed by atoms with Crippen molar-refractivity contribution in [2.45, 2.75) is 19.9 Å². The summed E-state index contributed by atoms with van der Waals surface area (Å²) in [5, 5.41) is -4.93. The van der Waals surface area contributed by atoms with E-state index in [1.165, 1.54) is 11.8 Å². The fourth-order valence-electron chi connectivity index (χ4n) is 3.08. The minimum absolute atomic E-state index is 0.197. The van der Waals surface area contributed by atoms with Crippen molar-refractivity contribution in [1.82, 2.24) is 0 Å². The number of rotatable bonds is 12. The van der Waals surface area contributed by atoms with Crippen LogP contribution >= 0.6 is 33.7 Å². The maximum Gasteiger partial charge on any atom is 0.466 e. The lowest BCUT2D eigenvalue weighted by atomic mass is 10.4. The van der Waals surface area contributed by atoms with E-state index in [1.54, 1.807) is 91.0 Å². The number of carbonyl (C=O) groups is 1. The first-order valence-electron chi connectivity index (χ1n) is 10.4. The number of alkyl halides is 3. The Bertz CT molecular complexity index is 1100. The second-order valence-electron chi connectivity index (χ2n) is 6.97. The average molecular weight is 561 g/mol. The lowest BCUT2D eigenvalue weighted by Gasteiger charge is -2.39. The van der Waals surface area contributed by atoms with E-state index in [1.807, 2.05) is 0 Å². The van der Waals surface area contributed by atoms with Gasteiger partial charge in [-0.2, -0.15) is 29.0 Å². The molecule has 3 rings (SSSR count). The van der Waals surface area contributed by atoms with Crippen LogP contribution in [0.2, 0.25) is 0 Å². The van der Waals surface area contributed by atoms with Crippen LogP contribution in [-0.4, -0.2) is 43.6 Å². The Hall–Kier alpha value is -2.11. The number of ether oxygens (including phenoxy) is 1. The number of esters is 1. The Morgan fingerprint density at radius 2 is 1.23 bits per heavy atom. The van der Waals surface area contributed by atoms with Crippen LogP contribution in [0.1, 0.15) is 0 Å². The van der Waals surface area contributed by atoms with Crippen LogP contribution in [0.25, 0.3) is 0 Å². The smallest absolute Gasteiger partial charge is 0.459 e. The SMILES string of the molecule is O=C(OCCSCCCl)C(F)(F)S(=O)(=O)OS(c1ccccc1)(c1ccccc1)c1ccccc1. The maximum atomic E-state index is 15.0. The van der Waals surface area contributed by atoms with E-state index in [2.05, 4.69) is 4.74 Å². The standard InChI is InChI=1S/C24H23ClF2O5S3/c25-16-18-33-19-17-31-23(28)24(26,27)35(29,30)32-34(20-10-4-1-5-11-20,21-12-6-2-7-13-21)22-14-8-3-9-15-22/h1-15H,16-19H2. The summed E-state index contributed by atoms with van der Waals surface area (Å²) in [6.07, 6.45) is 0. The molecule has 0 fully saturated rings. The normalized spacial score (nSPS) is 12.8. The molecule has 0 atom stereocenters. The molecule has 0 heterocycles. The van der Waals surface area contributed by atoms with Crippen molar-refractivity contribution in [3.8, 4) is 0 Å². The van der Waals surface area contributed by atoms with Crippen molar-refractivity contribution >= 4 is 49.8 Å². The third-order valence-electron chi connectivity index (χ3n) is 4.65. The fraction of sp³-hybridized carbons (Fsp3) is 0.208. The lowest BCUT2D eigenvalue weighted by Crippen LogP contribution is -2.41. The highest BCUT2D eigenvalue weighted by Crippen LogP contribution is 2.70. The number of hydrogen-bond donors (Lipinski definition) is 0. The van der Waals surface area contributed by atoms with Gasteiger partial charge in [0.25, 0.3) is 0 Å². The molecule has 0 saturated carbocycles. The van der Waals surface area contributed by atoms with Gasteiger partial charge in [-0.15, -0.1) is 11.6 Å². The van der Waals surface area contributed by atoms with Gasteiger partial charge in [-0.25, -0.2) is 8.42 Å². The van der Waals surface area contributed by atoms with Gasteiger partial charge in [0.2, 0.25) is 0 Å². The minimum Gasteiger partial charge on any atom is -0.459 e. The first-order chi connectivity index (χ1) is 16.8. The molecule has 0 aromatic heterocycles. The zero-order chi connectivity index (χ0) is 25.4. The van der Waals surface area contributed by atoms with Crippen molar-refractivity contribution < 1.29 is 30.4 Å². The van der Waals surface area contributed by atoms with Crippen LogP contribution < -0.4 is 0 Å². The molecule has 0 saturated heterocycles. The molecule has 0 aliphatic heterocycles. The van der Waals surface area contributed by atoms with Gasteiger partial charge in [0.1, 0.15) is 6.61 Å². The van der Waals surface area contributed by atoms with Gasteiger partial charge in [-0.3, -0.25) is 0 Å². The van der Waals surface area contributed by atoms with Crippen LogP contribution in [0.15, 0.2) is 106 Å². The zero-order valence-corrected chi connectivity index (χ0v) is 21.6. The van der Waals surface area contributed by atoms with Crippen LogP contribution in [0, 0.1) is 0 Å². The van der Waals surface area contributed by atoms with E-state index < -0.39 is 31.7 Å². The highest BCUT2D eigenvalue weighted by atomic mass is 35.5. The Kier molecular flexibility index (Phi) is 9.60. The maximum absolute atomic E-state index is 15.0. The number of halogens is 3. The van der Waals surface area contributed by atoms with E-state index in [4.69, 9.17) is 15.2 Å². The Morgan fingerprint density at radius 1 is 0.800 bits per heavy atom. The van der Waals surface area contributed by atoms with Gasteiger partial charge in [0.15, 0.2) is 0 Å². The summed E-state index contributed by atoms with van der Waals surface area (Å²) in [4.78, 5) is 13.3. The van der Waals surface area contributed by atoms with E-state index in [9.17, 15) is 13.2 Å². The van der Waals surface area contributed by atoms with E-state index >= 15 is 8.78 Å². The highest BCUT2D eigenvalue weighted by Gasteiger charge is 2.58. The molecule has 5 nitrogen and oxygen atoms in total. The summed E-state index contributed by atoms with van der Waals surface area (Å²) >= 11 is 6.83. The molecular weight excluding hydrogens is 538 g/mol. The lowest BCUT2D eigenvalue weighted by molar-refractivity contribution is -0.160. The third-order valence-corrected chi connectivity index (χ3v) is 11.1. The second kappa shape index (κ2) is 12.2. The molecule has 0 N–H and O–H groups in total. The molecule has 0 unspecified atom stereocenters. The van der Waals surface area contributed by atoms with E-state index in [-0.39, 0.29) is 12.4 Å². The zero-order valence-electron chi connectivity index (χ0n) is 18.4. The quantitative estimate of drug-likeness (QED) is 0.146. The molecular formula is C24H23ClF2O5S3. The second-order valence-corrected chi connectivity index (χ2v) is 13.1. The fourth-order valence-corrected chi connectivity index (χ4v) is 8.98. The van der Waals surface area contributed by atoms with Gasteiger partial charge in [-0.05, 0) is 46.7 Å². The summed E-state index contributed by atoms with van der Waals surface area (Å²) in [7, 11) is -9.04. The summed E-state index contributed by atoms with van der Waals surface area (Å²) in [5.41, 5.74) is 0. The van der Waals surface area contributed by atoms with Crippen molar-refractivity contribution in [1.29, 1.82) is 0 Å². The number of hydrogen-bond acceptors (Lipinski definition) is 6. The molecule has 188 valence electrons. The van der Waals surface area contributed by atoms with Crippen molar-refractivity contribution in [2.75, 3.05) is 24.0 Å². The molecule has 0 aliphatic rings. The molecule has 0 bridgehead atoms. The minimum atomic E-state index is -5.81. The topological polar surface area (TPSA) is 69.7 Å². The Morgan fingerprint density at radius 3 is 1.63 bits per heavy atom. The summed E-state index contributed by atoms with van der Waals surface area (Å²) in [5.74, 6) is -1.11. The number of benzene rings is 3. The molecule has 0 amide bonds. The number of carbonyl (C=O) groups excluding carboxylic acids is 1. The van der Waals surface area contributed by atoms with Gasteiger partial charge < -0.3 is 4.74 Å². The molecule has 0 spiro atoms. The van der Waals surface area contributed by atoms with E-state index in [0.29, 0.717) is 26.3 Å². The van der Waals surface area contributed by atoms with Gasteiger partial charge >= 0.3 is 21.3 Å². The average Bonchev–Trinajstić information content (AvgIpc) is 2.88. The first-order valence-corrected chi connectivity index (χ1v) is 15.0. The molecule has 35 heavy (non-hydrogen) atoms. The van der Waals surface area contributed by atoms with Crippen LogP contribution in [-0.2, 0) is 23.3 Å². The molecule has 3 aromatic rings. The monoisotopic (exact) mass is 560 g/mol. The van der Waals surface area contributed by atoms with Crippen molar-refractivity contribution in [3.05, 3.63) is 91.0 Å². The molecule has 3 aromatic carbocycles. The van der Waals surface area contributed by atoms with Crippen LogP contribution in [0.5, 0.6) is 0 Å². The molecule has 0 radical (unpaired) electrons. The van der Waals surface area contributed by atoms with Crippen molar-refractivity contribution in [2.24, 2.45) is 0 Å².